The summed E-state index contributed by atoms with van der Waals surface area (Å²) in [6, 6.07) is -0.513. The molecular formula is C14H26N2O3. The zero-order valence-electron chi connectivity index (χ0n) is 12.2. The Kier molecular flexibility index (Phi) is 5.35. The molecule has 0 aromatic heterocycles. The maximum absolute atomic E-state index is 12.3. The first kappa shape index (κ1) is 16.0. The minimum absolute atomic E-state index is 0.104. The minimum atomic E-state index is -0.801. The van der Waals surface area contributed by atoms with Crippen molar-refractivity contribution in [3.8, 4) is 0 Å². The normalized spacial score (nSPS) is 25.4. The summed E-state index contributed by atoms with van der Waals surface area (Å²) in [5.74, 6) is -0.545. The van der Waals surface area contributed by atoms with Crippen molar-refractivity contribution >= 4 is 11.9 Å². The van der Waals surface area contributed by atoms with E-state index in [1.807, 2.05) is 20.8 Å². The van der Waals surface area contributed by atoms with E-state index in [4.69, 9.17) is 5.73 Å². The van der Waals surface area contributed by atoms with Crippen molar-refractivity contribution in [2.45, 2.75) is 52.5 Å². The van der Waals surface area contributed by atoms with Gasteiger partial charge in [0.15, 0.2) is 0 Å². The first-order valence-corrected chi connectivity index (χ1v) is 7.10. The summed E-state index contributed by atoms with van der Waals surface area (Å²) < 4.78 is 0. The third kappa shape index (κ3) is 3.69. The summed E-state index contributed by atoms with van der Waals surface area (Å²) in [7, 11) is 0. The lowest BCUT2D eigenvalue weighted by molar-refractivity contribution is -0.155. The molecule has 0 spiro atoms. The average molecular weight is 270 g/mol. The van der Waals surface area contributed by atoms with Crippen LogP contribution in [0.4, 0.5) is 0 Å². The van der Waals surface area contributed by atoms with Crippen LogP contribution in [0.5, 0.6) is 0 Å². The maximum Gasteiger partial charge on any atom is 0.311 e. The van der Waals surface area contributed by atoms with Crippen molar-refractivity contribution < 1.29 is 14.7 Å². The number of carbonyl (C=O) groups is 2. The Morgan fingerprint density at radius 2 is 2.05 bits per heavy atom. The molecule has 0 saturated carbocycles. The fourth-order valence-corrected chi connectivity index (χ4v) is 2.78. The molecule has 3 N–H and O–H groups in total. The second-order valence-corrected chi connectivity index (χ2v) is 6.04. The molecule has 1 aliphatic rings. The first-order chi connectivity index (χ1) is 8.82. The van der Waals surface area contributed by atoms with E-state index < -0.39 is 17.4 Å². The van der Waals surface area contributed by atoms with E-state index in [9.17, 15) is 14.7 Å². The lowest BCUT2D eigenvalue weighted by Crippen LogP contribution is -2.53. The van der Waals surface area contributed by atoms with Crippen LogP contribution < -0.4 is 5.73 Å². The third-order valence-electron chi connectivity index (χ3n) is 4.06. The number of amides is 1. The van der Waals surface area contributed by atoms with E-state index in [0.29, 0.717) is 38.3 Å². The van der Waals surface area contributed by atoms with E-state index in [2.05, 4.69) is 0 Å². The van der Waals surface area contributed by atoms with Gasteiger partial charge < -0.3 is 15.7 Å². The number of nitrogens with zero attached hydrogens (tertiary/aromatic N) is 1. The van der Waals surface area contributed by atoms with Gasteiger partial charge in [0.1, 0.15) is 0 Å². The van der Waals surface area contributed by atoms with Gasteiger partial charge in [-0.3, -0.25) is 9.59 Å². The van der Waals surface area contributed by atoms with Gasteiger partial charge in [0, 0.05) is 13.1 Å². The second kappa shape index (κ2) is 6.37. The topological polar surface area (TPSA) is 83.6 Å². The van der Waals surface area contributed by atoms with Crippen LogP contribution in [0.25, 0.3) is 0 Å². The molecule has 0 aliphatic carbocycles. The summed E-state index contributed by atoms with van der Waals surface area (Å²) in [5.41, 5.74) is 5.13. The van der Waals surface area contributed by atoms with Crippen LogP contribution in [0.1, 0.15) is 46.5 Å². The molecule has 1 aliphatic heterocycles. The number of rotatable bonds is 5. The molecule has 5 nitrogen and oxygen atoms in total. The van der Waals surface area contributed by atoms with Gasteiger partial charge in [0.2, 0.25) is 5.91 Å². The molecule has 0 aromatic carbocycles. The molecule has 1 rings (SSSR count). The third-order valence-corrected chi connectivity index (χ3v) is 4.06. The molecule has 19 heavy (non-hydrogen) atoms. The van der Waals surface area contributed by atoms with Gasteiger partial charge in [-0.25, -0.2) is 0 Å². The number of nitrogens with two attached hydrogens (primary N) is 1. The van der Waals surface area contributed by atoms with Crippen molar-refractivity contribution in [1.29, 1.82) is 0 Å². The molecule has 1 unspecified atom stereocenters. The largest absolute Gasteiger partial charge is 0.481 e. The van der Waals surface area contributed by atoms with Gasteiger partial charge in [-0.15, -0.1) is 0 Å². The zero-order chi connectivity index (χ0) is 14.6. The lowest BCUT2D eigenvalue weighted by atomic mass is 9.77. The molecule has 2 atom stereocenters. The molecule has 0 radical (unpaired) electrons. The van der Waals surface area contributed by atoms with E-state index in [1.54, 1.807) is 4.90 Å². The Hall–Kier alpha value is -1.10. The highest BCUT2D eigenvalue weighted by atomic mass is 16.4. The summed E-state index contributed by atoms with van der Waals surface area (Å²) in [4.78, 5) is 25.4. The van der Waals surface area contributed by atoms with Crippen molar-refractivity contribution in [2.75, 3.05) is 13.1 Å². The number of aliphatic carboxylic acids is 1. The van der Waals surface area contributed by atoms with Gasteiger partial charge in [-0.2, -0.15) is 0 Å². The summed E-state index contributed by atoms with van der Waals surface area (Å²) in [5, 5.41) is 9.40. The van der Waals surface area contributed by atoms with E-state index in [1.165, 1.54) is 0 Å². The number of likely N-dealkylation sites (tertiary alicyclic amines) is 1. The van der Waals surface area contributed by atoms with Crippen molar-refractivity contribution in [3.05, 3.63) is 0 Å². The van der Waals surface area contributed by atoms with Crippen LogP contribution in [-0.2, 0) is 9.59 Å². The molecule has 1 amide bonds. The van der Waals surface area contributed by atoms with E-state index in [0.717, 1.165) is 6.42 Å². The van der Waals surface area contributed by atoms with Crippen LogP contribution in [0, 0.1) is 11.3 Å². The van der Waals surface area contributed by atoms with Crippen molar-refractivity contribution in [1.82, 2.24) is 4.90 Å². The van der Waals surface area contributed by atoms with Gasteiger partial charge >= 0.3 is 5.97 Å². The molecular weight excluding hydrogens is 244 g/mol. The van der Waals surface area contributed by atoms with Crippen LogP contribution in [-0.4, -0.2) is 41.0 Å². The van der Waals surface area contributed by atoms with Gasteiger partial charge in [-0.1, -0.05) is 20.8 Å². The Bertz CT molecular complexity index is 344. The maximum atomic E-state index is 12.3. The zero-order valence-corrected chi connectivity index (χ0v) is 12.2. The van der Waals surface area contributed by atoms with Crippen LogP contribution in [0.15, 0.2) is 0 Å². The van der Waals surface area contributed by atoms with Crippen molar-refractivity contribution in [3.63, 3.8) is 0 Å². The first-order valence-electron chi connectivity index (χ1n) is 7.10. The molecule has 110 valence electrons. The lowest BCUT2D eigenvalue weighted by Gasteiger charge is -2.40. The number of carbonyl (C=O) groups excluding carboxylic acids is 1. The fourth-order valence-electron chi connectivity index (χ4n) is 2.78. The Morgan fingerprint density at radius 3 is 2.53 bits per heavy atom. The highest BCUT2D eigenvalue weighted by molar-refractivity contribution is 5.83. The molecule has 1 heterocycles. The van der Waals surface area contributed by atoms with Gasteiger partial charge in [-0.05, 0) is 31.6 Å². The summed E-state index contributed by atoms with van der Waals surface area (Å²) in [6.07, 6.45) is 2.56. The number of hydrogen-bond donors (Lipinski definition) is 2. The highest BCUT2D eigenvalue weighted by Gasteiger charge is 2.42. The molecule has 0 bridgehead atoms. The predicted molar refractivity (Wildman–Crippen MR) is 73.6 cm³/mol. The molecule has 1 saturated heterocycles. The fraction of sp³-hybridized carbons (Fsp3) is 0.857. The van der Waals surface area contributed by atoms with Crippen LogP contribution in [0.3, 0.4) is 0 Å². The highest BCUT2D eigenvalue weighted by Crippen LogP contribution is 2.34. The number of hydrogen-bond acceptors (Lipinski definition) is 3. The van der Waals surface area contributed by atoms with Crippen LogP contribution in [0.2, 0.25) is 0 Å². The quantitative estimate of drug-likeness (QED) is 0.792. The summed E-state index contributed by atoms with van der Waals surface area (Å²) >= 11 is 0. The standard InChI is InChI=1S/C14H26N2O3/c1-4-14(13(18)19)6-5-7-16(9-14)12(17)11(15)8-10(2)3/h10-11H,4-9,15H2,1-3H3,(H,18,19)/t11-,14?/m1/s1. The molecule has 1 fully saturated rings. The van der Waals surface area contributed by atoms with Crippen molar-refractivity contribution in [2.24, 2.45) is 17.1 Å². The predicted octanol–water partition coefficient (Wildman–Crippen LogP) is 1.46. The smallest absolute Gasteiger partial charge is 0.311 e. The summed E-state index contributed by atoms with van der Waals surface area (Å²) in [6.45, 7) is 6.84. The second-order valence-electron chi connectivity index (χ2n) is 6.04. The number of carboxylic acids is 1. The Morgan fingerprint density at radius 1 is 1.42 bits per heavy atom. The van der Waals surface area contributed by atoms with Gasteiger partial charge in [0.25, 0.3) is 0 Å². The SMILES string of the molecule is CCC1(C(=O)O)CCCN(C(=O)[C@H](N)CC(C)C)C1. The molecule has 0 aromatic rings. The van der Waals surface area contributed by atoms with E-state index >= 15 is 0 Å². The minimum Gasteiger partial charge on any atom is -0.481 e. The average Bonchev–Trinajstić information content (AvgIpc) is 2.36. The Labute approximate surface area is 115 Å². The molecule has 5 heteroatoms. The monoisotopic (exact) mass is 270 g/mol. The Balaban J connectivity index is 2.74. The van der Waals surface area contributed by atoms with E-state index in [-0.39, 0.29) is 5.91 Å². The number of carboxylic acid groups (broad SMARTS) is 1. The van der Waals surface area contributed by atoms with Crippen LogP contribution >= 0.6 is 0 Å². The number of piperidine rings is 1. The van der Waals surface area contributed by atoms with Gasteiger partial charge in [0.05, 0.1) is 11.5 Å².